The maximum absolute atomic E-state index is 13.2. The molecule has 1 aromatic rings. The minimum absolute atomic E-state index is 0.0638. The zero-order valence-corrected chi connectivity index (χ0v) is 18.5. The standard InChI is InChI=1S/C20H25BrClN3O4/c21-14-8-18-16(9-15(14)22)25(12-13-10-24(11-13)20(27)28)19(26)17(29-18)4-3-7-23-5-1-2-6-23/h8-9,13,17H,1-7,10-12H2,(H,27,28). The minimum atomic E-state index is -0.915. The molecule has 0 spiro atoms. The Morgan fingerprint density at radius 3 is 2.69 bits per heavy atom. The maximum atomic E-state index is 13.2. The van der Waals surface area contributed by atoms with Crippen LogP contribution in [-0.2, 0) is 4.79 Å². The molecule has 3 aliphatic heterocycles. The van der Waals surface area contributed by atoms with Crippen molar-refractivity contribution < 1.29 is 19.4 Å². The molecular weight excluding hydrogens is 462 g/mol. The average molecular weight is 487 g/mol. The molecule has 1 atom stereocenters. The van der Waals surface area contributed by atoms with Crippen molar-refractivity contribution in [3.8, 4) is 5.75 Å². The number of ether oxygens (including phenoxy) is 1. The molecule has 2 saturated heterocycles. The Kier molecular flexibility index (Phi) is 6.22. The summed E-state index contributed by atoms with van der Waals surface area (Å²) in [6.45, 7) is 4.63. The highest BCUT2D eigenvalue weighted by atomic mass is 79.9. The number of benzene rings is 1. The van der Waals surface area contributed by atoms with Crippen LogP contribution in [0.5, 0.6) is 5.75 Å². The van der Waals surface area contributed by atoms with Crippen LogP contribution < -0.4 is 9.64 Å². The molecule has 0 radical (unpaired) electrons. The first kappa shape index (κ1) is 20.8. The highest BCUT2D eigenvalue weighted by molar-refractivity contribution is 9.10. The first-order valence-electron chi connectivity index (χ1n) is 10.1. The van der Waals surface area contributed by atoms with Crippen LogP contribution in [0, 0.1) is 5.92 Å². The Morgan fingerprint density at radius 1 is 1.28 bits per heavy atom. The van der Waals surface area contributed by atoms with E-state index < -0.39 is 12.2 Å². The van der Waals surface area contributed by atoms with Gasteiger partial charge in [-0.15, -0.1) is 0 Å². The molecule has 3 heterocycles. The number of nitrogens with zero attached hydrogens (tertiary/aromatic N) is 3. The number of carbonyl (C=O) groups excluding carboxylic acids is 1. The van der Waals surface area contributed by atoms with Crippen molar-refractivity contribution in [2.75, 3.05) is 44.2 Å². The van der Waals surface area contributed by atoms with Crippen LogP contribution in [0.15, 0.2) is 16.6 Å². The van der Waals surface area contributed by atoms with Crippen LogP contribution in [0.2, 0.25) is 5.02 Å². The third kappa shape index (κ3) is 4.49. The van der Waals surface area contributed by atoms with Crippen LogP contribution in [0.1, 0.15) is 25.7 Å². The van der Waals surface area contributed by atoms with Crippen molar-refractivity contribution >= 4 is 45.2 Å². The van der Waals surface area contributed by atoms with E-state index in [2.05, 4.69) is 20.8 Å². The zero-order valence-electron chi connectivity index (χ0n) is 16.1. The van der Waals surface area contributed by atoms with Gasteiger partial charge in [0.2, 0.25) is 0 Å². The van der Waals surface area contributed by atoms with Gasteiger partial charge in [-0.25, -0.2) is 4.79 Å². The normalized spacial score (nSPS) is 22.4. The lowest BCUT2D eigenvalue weighted by molar-refractivity contribution is -0.127. The lowest BCUT2D eigenvalue weighted by Crippen LogP contribution is -2.56. The summed E-state index contributed by atoms with van der Waals surface area (Å²) < 4.78 is 6.79. The Hall–Kier alpha value is -1.51. The molecule has 2 amide bonds. The summed E-state index contributed by atoms with van der Waals surface area (Å²) in [6.07, 6.45) is 2.64. The number of carbonyl (C=O) groups is 2. The number of anilines is 1. The molecule has 9 heteroatoms. The molecule has 3 aliphatic rings. The molecule has 7 nitrogen and oxygen atoms in total. The van der Waals surface area contributed by atoms with Crippen molar-refractivity contribution in [1.29, 1.82) is 0 Å². The highest BCUT2D eigenvalue weighted by Gasteiger charge is 2.39. The third-order valence-electron chi connectivity index (χ3n) is 5.91. The van der Waals surface area contributed by atoms with Crippen molar-refractivity contribution in [2.45, 2.75) is 31.8 Å². The number of likely N-dealkylation sites (tertiary alicyclic amines) is 2. The number of amides is 2. The minimum Gasteiger partial charge on any atom is -0.478 e. The van der Waals surface area contributed by atoms with E-state index in [-0.39, 0.29) is 11.8 Å². The van der Waals surface area contributed by atoms with Crippen molar-refractivity contribution in [2.24, 2.45) is 5.92 Å². The Morgan fingerprint density at radius 2 is 2.00 bits per heavy atom. The summed E-state index contributed by atoms with van der Waals surface area (Å²) in [5.74, 6) is 0.696. The van der Waals surface area contributed by atoms with Gasteiger partial charge in [0.25, 0.3) is 5.91 Å². The fourth-order valence-electron chi connectivity index (χ4n) is 4.30. The smallest absolute Gasteiger partial charge is 0.407 e. The second kappa shape index (κ2) is 8.70. The average Bonchev–Trinajstić information content (AvgIpc) is 3.15. The molecule has 0 saturated carbocycles. The number of fused-ring (bicyclic) bond motifs is 1. The van der Waals surface area contributed by atoms with Gasteiger partial charge in [0.15, 0.2) is 6.10 Å². The number of halogens is 2. The molecular formula is C20H25BrClN3O4. The molecule has 2 fully saturated rings. The largest absolute Gasteiger partial charge is 0.478 e. The predicted octanol–water partition coefficient (Wildman–Crippen LogP) is 3.68. The lowest BCUT2D eigenvalue weighted by Gasteiger charge is -2.42. The second-order valence-electron chi connectivity index (χ2n) is 8.03. The van der Waals surface area contributed by atoms with Gasteiger partial charge >= 0.3 is 6.09 Å². The SMILES string of the molecule is O=C(O)N1CC(CN2C(=O)C(CCCN3CCCC3)Oc3cc(Br)c(Cl)cc32)C1. The van der Waals surface area contributed by atoms with Crippen molar-refractivity contribution in [1.82, 2.24) is 9.80 Å². The number of rotatable bonds is 6. The van der Waals surface area contributed by atoms with Gasteiger partial charge in [-0.05, 0) is 73.4 Å². The van der Waals surface area contributed by atoms with E-state index in [1.54, 1.807) is 11.0 Å². The summed E-state index contributed by atoms with van der Waals surface area (Å²) in [5.41, 5.74) is 0.660. The summed E-state index contributed by atoms with van der Waals surface area (Å²) in [5, 5.41) is 9.57. The third-order valence-corrected chi connectivity index (χ3v) is 7.11. The second-order valence-corrected chi connectivity index (χ2v) is 9.30. The topological polar surface area (TPSA) is 73.3 Å². The fraction of sp³-hybridized carbons (Fsp3) is 0.600. The van der Waals surface area contributed by atoms with E-state index in [4.69, 9.17) is 21.4 Å². The van der Waals surface area contributed by atoms with E-state index in [0.717, 1.165) is 30.5 Å². The molecule has 29 heavy (non-hydrogen) atoms. The summed E-state index contributed by atoms with van der Waals surface area (Å²) in [4.78, 5) is 29.8. The van der Waals surface area contributed by atoms with Crippen molar-refractivity contribution in [3.63, 3.8) is 0 Å². The predicted molar refractivity (Wildman–Crippen MR) is 114 cm³/mol. The summed E-state index contributed by atoms with van der Waals surface area (Å²) in [7, 11) is 0. The molecule has 1 N–H and O–H groups in total. The Balaban J connectivity index is 1.46. The van der Waals surface area contributed by atoms with Gasteiger partial charge in [0.1, 0.15) is 5.75 Å². The molecule has 0 bridgehead atoms. The summed E-state index contributed by atoms with van der Waals surface area (Å²) in [6, 6.07) is 3.56. The fourth-order valence-corrected chi connectivity index (χ4v) is 4.78. The highest BCUT2D eigenvalue weighted by Crippen LogP contribution is 2.41. The maximum Gasteiger partial charge on any atom is 0.407 e. The van der Waals surface area contributed by atoms with E-state index >= 15 is 0 Å². The Bertz CT molecular complexity index is 796. The first-order valence-corrected chi connectivity index (χ1v) is 11.3. The molecule has 0 aromatic heterocycles. The number of hydrogen-bond acceptors (Lipinski definition) is 4. The number of hydrogen-bond donors (Lipinski definition) is 1. The van der Waals surface area contributed by atoms with Crippen LogP contribution in [-0.4, -0.2) is 72.3 Å². The van der Waals surface area contributed by atoms with Crippen LogP contribution >= 0.6 is 27.5 Å². The van der Waals surface area contributed by atoms with Gasteiger partial charge in [-0.2, -0.15) is 0 Å². The van der Waals surface area contributed by atoms with Gasteiger partial charge in [-0.1, -0.05) is 11.6 Å². The van der Waals surface area contributed by atoms with Crippen molar-refractivity contribution in [3.05, 3.63) is 21.6 Å². The quantitative estimate of drug-likeness (QED) is 0.664. The van der Waals surface area contributed by atoms with Gasteiger partial charge in [0.05, 0.1) is 10.7 Å². The first-order chi connectivity index (χ1) is 13.9. The summed E-state index contributed by atoms with van der Waals surface area (Å²) >= 11 is 9.70. The van der Waals surface area contributed by atoms with Gasteiger partial charge in [-0.3, -0.25) is 4.79 Å². The van der Waals surface area contributed by atoms with E-state index in [0.29, 0.717) is 42.5 Å². The monoisotopic (exact) mass is 485 g/mol. The molecule has 4 rings (SSSR count). The molecule has 0 aliphatic carbocycles. The van der Waals surface area contributed by atoms with E-state index in [1.807, 2.05) is 6.07 Å². The van der Waals surface area contributed by atoms with E-state index in [9.17, 15) is 9.59 Å². The van der Waals surface area contributed by atoms with E-state index in [1.165, 1.54) is 17.7 Å². The zero-order chi connectivity index (χ0) is 20.5. The van der Waals surface area contributed by atoms with Crippen LogP contribution in [0.3, 0.4) is 0 Å². The van der Waals surface area contributed by atoms with Crippen LogP contribution in [0.25, 0.3) is 0 Å². The molecule has 158 valence electrons. The van der Waals surface area contributed by atoms with Gasteiger partial charge in [0, 0.05) is 30.0 Å². The Labute approximate surface area is 183 Å². The molecule has 1 aromatic carbocycles. The number of carboxylic acid groups (broad SMARTS) is 1. The molecule has 1 unspecified atom stereocenters. The van der Waals surface area contributed by atoms with Crippen LogP contribution in [0.4, 0.5) is 10.5 Å². The lowest BCUT2D eigenvalue weighted by atomic mass is 9.98. The van der Waals surface area contributed by atoms with Gasteiger partial charge < -0.3 is 24.5 Å².